The van der Waals surface area contributed by atoms with Crippen LogP contribution in [0.1, 0.15) is 49.5 Å². The minimum absolute atomic E-state index is 0.168. The van der Waals surface area contributed by atoms with Gasteiger partial charge in [-0.1, -0.05) is 31.1 Å². The first-order chi connectivity index (χ1) is 14.2. The Morgan fingerprint density at radius 1 is 1.27 bits per heavy atom. The fraction of sp³-hybridized carbons (Fsp3) is 0.550. The van der Waals surface area contributed by atoms with Gasteiger partial charge in [-0.2, -0.15) is 18.2 Å². The lowest BCUT2D eigenvalue weighted by molar-refractivity contribution is -0.153. The minimum atomic E-state index is -4.40. The van der Waals surface area contributed by atoms with E-state index in [1.165, 1.54) is 0 Å². The average Bonchev–Trinajstić information content (AvgIpc) is 3.14. The molecule has 0 unspecified atom stereocenters. The lowest BCUT2D eigenvalue weighted by Crippen LogP contribution is -2.38. The van der Waals surface area contributed by atoms with Crippen molar-refractivity contribution in [1.29, 1.82) is 0 Å². The maximum atomic E-state index is 12.5. The molecule has 0 amide bonds. The minimum Gasteiger partial charge on any atom is -0.484 e. The van der Waals surface area contributed by atoms with Crippen molar-refractivity contribution in [1.82, 2.24) is 20.8 Å². The number of guanidine groups is 1. The van der Waals surface area contributed by atoms with Gasteiger partial charge in [-0.05, 0) is 25.5 Å². The summed E-state index contributed by atoms with van der Waals surface area (Å²) in [6.07, 6.45) is -3.88. The molecule has 1 aromatic heterocycles. The molecule has 2 aromatic rings. The predicted octanol–water partition coefficient (Wildman–Crippen LogP) is 3.74. The number of ether oxygens (including phenoxy) is 1. The second-order valence-corrected chi connectivity index (χ2v) is 7.09. The number of halogens is 3. The number of nitrogens with one attached hydrogen (secondary N) is 2. The SMILES string of the molecule is CCNC(=NCc1ccc(C)cc1OCC(F)(F)F)NCCc1nc(C(C)C)no1. The van der Waals surface area contributed by atoms with Crippen LogP contribution >= 0.6 is 0 Å². The van der Waals surface area contributed by atoms with E-state index < -0.39 is 12.8 Å². The van der Waals surface area contributed by atoms with Crippen LogP contribution < -0.4 is 15.4 Å². The van der Waals surface area contributed by atoms with E-state index in [0.29, 0.717) is 42.7 Å². The van der Waals surface area contributed by atoms with Crippen LogP contribution in [0.4, 0.5) is 13.2 Å². The summed E-state index contributed by atoms with van der Waals surface area (Å²) >= 11 is 0. The smallest absolute Gasteiger partial charge is 0.422 e. The summed E-state index contributed by atoms with van der Waals surface area (Å²) in [5.74, 6) is 2.10. The molecule has 0 aliphatic heterocycles. The van der Waals surface area contributed by atoms with Gasteiger partial charge in [0.1, 0.15) is 5.75 Å². The van der Waals surface area contributed by atoms with Gasteiger partial charge in [0.05, 0.1) is 6.54 Å². The van der Waals surface area contributed by atoms with E-state index in [-0.39, 0.29) is 18.2 Å². The van der Waals surface area contributed by atoms with Gasteiger partial charge in [-0.3, -0.25) is 0 Å². The van der Waals surface area contributed by atoms with Crippen molar-refractivity contribution in [3.05, 3.63) is 41.0 Å². The monoisotopic (exact) mass is 427 g/mol. The molecule has 30 heavy (non-hydrogen) atoms. The number of nitrogens with zero attached hydrogens (tertiary/aromatic N) is 3. The molecule has 0 radical (unpaired) electrons. The van der Waals surface area contributed by atoms with Crippen LogP contribution in [0.15, 0.2) is 27.7 Å². The highest BCUT2D eigenvalue weighted by atomic mass is 19.4. The van der Waals surface area contributed by atoms with E-state index in [9.17, 15) is 13.2 Å². The van der Waals surface area contributed by atoms with E-state index >= 15 is 0 Å². The summed E-state index contributed by atoms with van der Waals surface area (Å²) in [5.41, 5.74) is 1.38. The molecule has 0 bridgehead atoms. The molecule has 0 aliphatic rings. The van der Waals surface area contributed by atoms with Gasteiger partial charge in [-0.15, -0.1) is 0 Å². The van der Waals surface area contributed by atoms with E-state index in [2.05, 4.69) is 25.8 Å². The first-order valence-corrected chi connectivity index (χ1v) is 9.81. The van der Waals surface area contributed by atoms with Crippen LogP contribution in [0, 0.1) is 6.92 Å². The molecule has 7 nitrogen and oxygen atoms in total. The zero-order valence-electron chi connectivity index (χ0n) is 17.6. The number of aryl methyl sites for hydroxylation is 1. The summed E-state index contributed by atoms with van der Waals surface area (Å²) in [6, 6.07) is 5.12. The van der Waals surface area contributed by atoms with Gasteiger partial charge in [0, 0.05) is 31.0 Å². The van der Waals surface area contributed by atoms with Crippen LogP contribution in [-0.2, 0) is 13.0 Å². The largest absolute Gasteiger partial charge is 0.484 e. The molecular formula is C20H28F3N5O2. The highest BCUT2D eigenvalue weighted by Crippen LogP contribution is 2.24. The Morgan fingerprint density at radius 3 is 2.67 bits per heavy atom. The molecule has 1 aromatic carbocycles. The highest BCUT2D eigenvalue weighted by Gasteiger charge is 2.28. The molecule has 2 rings (SSSR count). The van der Waals surface area contributed by atoms with Gasteiger partial charge in [0.15, 0.2) is 18.4 Å². The van der Waals surface area contributed by atoms with E-state index in [1.54, 1.807) is 19.1 Å². The Balaban J connectivity index is 1.99. The van der Waals surface area contributed by atoms with E-state index in [0.717, 1.165) is 5.56 Å². The molecule has 10 heteroatoms. The average molecular weight is 427 g/mol. The molecule has 0 saturated carbocycles. The summed E-state index contributed by atoms with van der Waals surface area (Å²) in [5, 5.41) is 10.2. The highest BCUT2D eigenvalue weighted by molar-refractivity contribution is 5.79. The third-order valence-electron chi connectivity index (χ3n) is 4.00. The van der Waals surface area contributed by atoms with Crippen molar-refractivity contribution in [3.8, 4) is 5.75 Å². The molecule has 0 spiro atoms. The van der Waals surface area contributed by atoms with Crippen molar-refractivity contribution in [2.24, 2.45) is 4.99 Å². The lowest BCUT2D eigenvalue weighted by atomic mass is 10.1. The topological polar surface area (TPSA) is 84.6 Å². The van der Waals surface area contributed by atoms with Gasteiger partial charge in [-0.25, -0.2) is 4.99 Å². The quantitative estimate of drug-likeness (QED) is 0.469. The zero-order chi connectivity index (χ0) is 22.1. The van der Waals surface area contributed by atoms with E-state index in [4.69, 9.17) is 9.26 Å². The van der Waals surface area contributed by atoms with Gasteiger partial charge in [0.25, 0.3) is 0 Å². The van der Waals surface area contributed by atoms with E-state index in [1.807, 2.05) is 26.8 Å². The Bertz CT molecular complexity index is 834. The van der Waals surface area contributed by atoms with Crippen LogP contribution in [0.3, 0.4) is 0 Å². The summed E-state index contributed by atoms with van der Waals surface area (Å²) in [7, 11) is 0. The number of benzene rings is 1. The zero-order valence-corrected chi connectivity index (χ0v) is 17.6. The predicted molar refractivity (Wildman–Crippen MR) is 108 cm³/mol. The fourth-order valence-electron chi connectivity index (χ4n) is 2.48. The van der Waals surface area contributed by atoms with Crippen LogP contribution in [-0.4, -0.2) is 42.0 Å². The molecule has 0 atom stereocenters. The van der Waals surface area contributed by atoms with Crippen molar-refractivity contribution in [3.63, 3.8) is 0 Å². The first kappa shape index (κ1) is 23.5. The summed E-state index contributed by atoms with van der Waals surface area (Å²) < 4.78 is 47.8. The third-order valence-corrected chi connectivity index (χ3v) is 4.00. The third kappa shape index (κ3) is 7.92. The molecule has 0 aliphatic carbocycles. The lowest BCUT2D eigenvalue weighted by Gasteiger charge is -2.14. The number of rotatable bonds is 9. The molecule has 166 valence electrons. The maximum Gasteiger partial charge on any atom is 0.422 e. The van der Waals surface area contributed by atoms with Gasteiger partial charge >= 0.3 is 6.18 Å². The van der Waals surface area contributed by atoms with Crippen LogP contribution in [0.25, 0.3) is 0 Å². The van der Waals surface area contributed by atoms with Crippen LogP contribution in [0.2, 0.25) is 0 Å². The number of aromatic nitrogens is 2. The Labute approximate surface area is 174 Å². The molecule has 0 fully saturated rings. The van der Waals surface area contributed by atoms with Gasteiger partial charge < -0.3 is 19.9 Å². The maximum absolute atomic E-state index is 12.5. The van der Waals surface area contributed by atoms with Gasteiger partial charge in [0.2, 0.25) is 5.89 Å². The second kappa shape index (κ2) is 10.8. The fourth-order valence-corrected chi connectivity index (χ4v) is 2.48. The Kier molecular flexibility index (Phi) is 8.49. The van der Waals surface area contributed by atoms with Crippen molar-refractivity contribution in [2.45, 2.75) is 52.8 Å². The Hall–Kier alpha value is -2.78. The van der Waals surface area contributed by atoms with Crippen molar-refractivity contribution in [2.75, 3.05) is 19.7 Å². The number of hydrogen-bond acceptors (Lipinski definition) is 5. The van der Waals surface area contributed by atoms with Crippen molar-refractivity contribution < 1.29 is 22.4 Å². The molecule has 1 heterocycles. The standard InChI is InChI=1S/C20H28F3N5O2/c1-5-24-19(25-9-8-17-27-18(13(2)3)28-30-17)26-11-15-7-6-14(4)10-16(15)29-12-20(21,22)23/h6-7,10,13H,5,8-9,11-12H2,1-4H3,(H2,24,25,26). The van der Waals surface area contributed by atoms with Crippen LogP contribution in [0.5, 0.6) is 5.75 Å². The molecular weight excluding hydrogens is 399 g/mol. The first-order valence-electron chi connectivity index (χ1n) is 9.81. The molecule has 2 N–H and O–H groups in total. The second-order valence-electron chi connectivity index (χ2n) is 7.09. The number of aliphatic imine (C=N–C) groups is 1. The normalized spacial score (nSPS) is 12.3. The van der Waals surface area contributed by atoms with Crippen molar-refractivity contribution >= 4 is 5.96 Å². The summed E-state index contributed by atoms with van der Waals surface area (Å²) in [4.78, 5) is 8.77. The Morgan fingerprint density at radius 2 is 2.03 bits per heavy atom. The number of hydrogen-bond donors (Lipinski definition) is 2. The molecule has 0 saturated heterocycles. The number of alkyl halides is 3. The summed E-state index contributed by atoms with van der Waals surface area (Å²) in [6.45, 7) is 7.66.